The zero-order valence-electron chi connectivity index (χ0n) is 12.7. The fourth-order valence-electron chi connectivity index (χ4n) is 2.68. The smallest absolute Gasteiger partial charge is 0.346 e. The third kappa shape index (κ3) is 3.43. The molecule has 23 heavy (non-hydrogen) atoms. The van der Waals surface area contributed by atoms with Gasteiger partial charge in [0.05, 0.1) is 5.56 Å². The van der Waals surface area contributed by atoms with E-state index < -0.39 is 5.69 Å². The summed E-state index contributed by atoms with van der Waals surface area (Å²) in [5.41, 5.74) is 1.66. The molecule has 1 fully saturated rings. The minimum absolute atomic E-state index is 0.0852. The van der Waals surface area contributed by atoms with Crippen molar-refractivity contribution in [2.24, 2.45) is 0 Å². The number of H-pyrrole nitrogens is 1. The molecule has 2 aromatic rings. The lowest BCUT2D eigenvalue weighted by atomic mass is 10.1. The summed E-state index contributed by atoms with van der Waals surface area (Å²) in [6, 6.07) is 7.78. The first kappa shape index (κ1) is 16.1. The number of nitrogens with one attached hydrogen (secondary N) is 2. The predicted molar refractivity (Wildman–Crippen MR) is 91.4 cm³/mol. The number of carbonyl (C=O) groups excluding carboxylic acids is 1. The Morgan fingerprint density at radius 1 is 1.48 bits per heavy atom. The molecule has 1 saturated carbocycles. The van der Waals surface area contributed by atoms with Crippen LogP contribution < -0.4 is 11.0 Å². The van der Waals surface area contributed by atoms with Gasteiger partial charge in [-0.3, -0.25) is 4.79 Å². The number of thioether (sulfide) groups is 1. The van der Waals surface area contributed by atoms with Gasteiger partial charge in [-0.15, -0.1) is 11.8 Å². The first-order chi connectivity index (χ1) is 11.0. The van der Waals surface area contributed by atoms with Crippen molar-refractivity contribution in [3.63, 3.8) is 0 Å². The van der Waals surface area contributed by atoms with E-state index in [1.54, 1.807) is 13.2 Å². The number of carbonyl (C=O) groups is 1. The average molecular weight is 350 g/mol. The summed E-state index contributed by atoms with van der Waals surface area (Å²) in [5.74, 6) is 0.0801. The SMILES string of the molecule is CSc1nc(=O)[nH]c(C)c1C(=O)NC1CC1c1cccc(Cl)c1. The van der Waals surface area contributed by atoms with Crippen LogP contribution in [0, 0.1) is 6.92 Å². The monoisotopic (exact) mass is 349 g/mol. The van der Waals surface area contributed by atoms with Gasteiger partial charge >= 0.3 is 5.69 Å². The maximum atomic E-state index is 12.5. The molecule has 2 atom stereocenters. The highest BCUT2D eigenvalue weighted by Gasteiger charge is 2.40. The largest absolute Gasteiger partial charge is 0.349 e. The molecule has 1 aromatic carbocycles. The van der Waals surface area contributed by atoms with Crippen molar-refractivity contribution in [1.29, 1.82) is 0 Å². The van der Waals surface area contributed by atoms with Crippen molar-refractivity contribution < 1.29 is 4.79 Å². The van der Waals surface area contributed by atoms with Crippen molar-refractivity contribution >= 4 is 29.3 Å². The molecule has 120 valence electrons. The van der Waals surface area contributed by atoms with E-state index in [9.17, 15) is 9.59 Å². The minimum Gasteiger partial charge on any atom is -0.349 e. The zero-order valence-corrected chi connectivity index (χ0v) is 14.3. The van der Waals surface area contributed by atoms with E-state index >= 15 is 0 Å². The molecule has 3 rings (SSSR count). The molecule has 1 amide bonds. The number of rotatable bonds is 4. The summed E-state index contributed by atoms with van der Waals surface area (Å²) in [7, 11) is 0. The maximum absolute atomic E-state index is 12.5. The number of amides is 1. The Morgan fingerprint density at radius 2 is 2.26 bits per heavy atom. The Hall–Kier alpha value is -1.79. The van der Waals surface area contributed by atoms with Crippen LogP contribution in [0.25, 0.3) is 0 Å². The molecule has 1 heterocycles. The number of benzene rings is 1. The molecule has 2 N–H and O–H groups in total. The number of aromatic amines is 1. The van der Waals surface area contributed by atoms with Crippen molar-refractivity contribution in [2.75, 3.05) is 6.26 Å². The second-order valence-electron chi connectivity index (χ2n) is 5.53. The van der Waals surface area contributed by atoms with Crippen LogP contribution in [-0.4, -0.2) is 28.2 Å². The number of aromatic nitrogens is 2. The van der Waals surface area contributed by atoms with Gasteiger partial charge in [-0.25, -0.2) is 4.79 Å². The fraction of sp³-hybridized carbons (Fsp3) is 0.312. The van der Waals surface area contributed by atoms with Gasteiger partial charge in [0.1, 0.15) is 5.03 Å². The third-order valence-electron chi connectivity index (χ3n) is 3.89. The van der Waals surface area contributed by atoms with Gasteiger partial charge < -0.3 is 10.3 Å². The highest BCUT2D eigenvalue weighted by molar-refractivity contribution is 7.98. The molecule has 5 nitrogen and oxygen atoms in total. The van der Waals surface area contributed by atoms with Crippen LogP contribution in [0.4, 0.5) is 0 Å². The number of nitrogens with zero attached hydrogens (tertiary/aromatic N) is 1. The normalized spacial score (nSPS) is 19.4. The number of halogens is 1. The molecule has 1 aliphatic carbocycles. The Balaban J connectivity index is 1.76. The predicted octanol–water partition coefficient (Wildman–Crippen LogP) is 2.74. The maximum Gasteiger partial charge on any atom is 0.346 e. The van der Waals surface area contributed by atoms with E-state index in [1.165, 1.54) is 11.8 Å². The van der Waals surface area contributed by atoms with E-state index in [-0.39, 0.29) is 17.9 Å². The van der Waals surface area contributed by atoms with Crippen molar-refractivity contribution in [3.05, 3.63) is 56.6 Å². The Labute approximate surface area is 142 Å². The second kappa shape index (κ2) is 6.37. The Kier molecular flexibility index (Phi) is 4.46. The first-order valence-electron chi connectivity index (χ1n) is 7.21. The Bertz CT molecular complexity index is 821. The molecule has 0 spiro atoms. The number of hydrogen-bond donors (Lipinski definition) is 2. The van der Waals surface area contributed by atoms with Crippen molar-refractivity contribution in [3.8, 4) is 0 Å². The topological polar surface area (TPSA) is 74.8 Å². The molecule has 2 unspecified atom stereocenters. The minimum atomic E-state index is -0.438. The molecular formula is C16H16ClN3O2S. The highest BCUT2D eigenvalue weighted by Crippen LogP contribution is 2.41. The van der Waals surface area contributed by atoms with E-state index in [2.05, 4.69) is 15.3 Å². The van der Waals surface area contributed by atoms with Gasteiger partial charge in [0.15, 0.2) is 0 Å². The van der Waals surface area contributed by atoms with Crippen LogP contribution >= 0.6 is 23.4 Å². The zero-order chi connectivity index (χ0) is 16.6. The quantitative estimate of drug-likeness (QED) is 0.657. The average Bonchev–Trinajstić information content (AvgIpc) is 3.25. The van der Waals surface area contributed by atoms with Crippen LogP contribution in [0.3, 0.4) is 0 Å². The number of hydrogen-bond acceptors (Lipinski definition) is 4. The van der Waals surface area contributed by atoms with Gasteiger partial charge in [0, 0.05) is 22.7 Å². The molecule has 0 bridgehead atoms. The Morgan fingerprint density at radius 3 is 2.96 bits per heavy atom. The van der Waals surface area contributed by atoms with Crippen molar-refractivity contribution in [1.82, 2.24) is 15.3 Å². The molecule has 0 saturated heterocycles. The molecular weight excluding hydrogens is 334 g/mol. The van der Waals surface area contributed by atoms with Gasteiger partial charge in [-0.1, -0.05) is 23.7 Å². The summed E-state index contributed by atoms with van der Waals surface area (Å²) < 4.78 is 0. The molecule has 1 aromatic heterocycles. The summed E-state index contributed by atoms with van der Waals surface area (Å²) in [5, 5.41) is 4.16. The lowest BCUT2D eigenvalue weighted by molar-refractivity contribution is 0.0945. The standard InChI is InChI=1S/C16H16ClN3O2S/c1-8-13(15(23-2)20-16(22)18-8)14(21)19-12-7-11(12)9-4-3-5-10(17)6-9/h3-6,11-12H,7H2,1-2H3,(H,19,21)(H,18,20,22). The summed E-state index contributed by atoms with van der Waals surface area (Å²) in [4.78, 5) is 30.4. The highest BCUT2D eigenvalue weighted by atomic mass is 35.5. The van der Waals surface area contributed by atoms with Crippen LogP contribution in [0.2, 0.25) is 5.02 Å². The summed E-state index contributed by atoms with van der Waals surface area (Å²) >= 11 is 7.30. The molecule has 0 aliphatic heterocycles. The lowest BCUT2D eigenvalue weighted by Crippen LogP contribution is -2.30. The van der Waals surface area contributed by atoms with Crippen LogP contribution in [0.15, 0.2) is 34.1 Å². The van der Waals surface area contributed by atoms with E-state index in [0.717, 1.165) is 12.0 Å². The molecule has 1 aliphatic rings. The fourth-order valence-corrected chi connectivity index (χ4v) is 3.50. The van der Waals surface area contributed by atoms with E-state index in [1.807, 2.05) is 24.3 Å². The lowest BCUT2D eigenvalue weighted by Gasteiger charge is -2.10. The summed E-state index contributed by atoms with van der Waals surface area (Å²) in [6.07, 6.45) is 2.68. The van der Waals surface area contributed by atoms with Gasteiger partial charge in [-0.2, -0.15) is 4.98 Å². The summed E-state index contributed by atoms with van der Waals surface area (Å²) in [6.45, 7) is 1.71. The van der Waals surface area contributed by atoms with E-state index in [4.69, 9.17) is 11.6 Å². The molecule has 0 radical (unpaired) electrons. The van der Waals surface area contributed by atoms with Crippen LogP contribution in [-0.2, 0) is 0 Å². The van der Waals surface area contributed by atoms with Crippen LogP contribution in [0.1, 0.15) is 34.0 Å². The third-order valence-corrected chi connectivity index (χ3v) is 4.81. The number of aryl methyl sites for hydroxylation is 1. The van der Waals surface area contributed by atoms with Crippen molar-refractivity contribution in [2.45, 2.75) is 30.3 Å². The second-order valence-corrected chi connectivity index (χ2v) is 6.76. The van der Waals surface area contributed by atoms with Gasteiger partial charge in [-0.05, 0) is 37.3 Å². The first-order valence-corrected chi connectivity index (χ1v) is 8.81. The van der Waals surface area contributed by atoms with Gasteiger partial charge in [0.25, 0.3) is 5.91 Å². The van der Waals surface area contributed by atoms with Gasteiger partial charge in [0.2, 0.25) is 0 Å². The van der Waals surface area contributed by atoms with E-state index in [0.29, 0.717) is 21.3 Å². The van der Waals surface area contributed by atoms with Crippen LogP contribution in [0.5, 0.6) is 0 Å². The molecule has 7 heteroatoms.